The topological polar surface area (TPSA) is 149 Å². The number of aliphatic hydroxyl groups is 5. The van der Waals surface area contributed by atoms with Gasteiger partial charge in [-0.05, 0) is 57.8 Å². The monoisotopic (exact) mass is 930 g/mol. The van der Waals surface area contributed by atoms with E-state index in [9.17, 15) is 30.3 Å². The SMILES string of the molecule is CC/C=C\C/C=C\C/C=C\C/C=C\C/C=C\CCCCCCCC(=O)NC(COC1OC(CO)C(O)C(O)C1O)C(O)CCCCCCCCCCCCCCCCCCCCCCCC. The lowest BCUT2D eigenvalue weighted by Crippen LogP contribution is -2.60. The first-order valence-electron chi connectivity index (χ1n) is 27.5. The molecule has 1 heterocycles. The van der Waals surface area contributed by atoms with Gasteiger partial charge in [0.25, 0.3) is 0 Å². The van der Waals surface area contributed by atoms with Crippen LogP contribution in [0.4, 0.5) is 0 Å². The molecule has 66 heavy (non-hydrogen) atoms. The lowest BCUT2D eigenvalue weighted by atomic mass is 9.99. The van der Waals surface area contributed by atoms with Gasteiger partial charge in [-0.3, -0.25) is 4.79 Å². The summed E-state index contributed by atoms with van der Waals surface area (Å²) in [5.41, 5.74) is 0. The second-order valence-corrected chi connectivity index (χ2v) is 19.0. The first-order valence-corrected chi connectivity index (χ1v) is 27.5. The molecule has 0 saturated carbocycles. The van der Waals surface area contributed by atoms with E-state index in [4.69, 9.17) is 9.47 Å². The molecule has 0 aromatic rings. The van der Waals surface area contributed by atoms with Gasteiger partial charge < -0.3 is 40.3 Å². The molecule has 0 bridgehead atoms. The highest BCUT2D eigenvalue weighted by molar-refractivity contribution is 5.76. The van der Waals surface area contributed by atoms with E-state index in [-0.39, 0.29) is 12.5 Å². The Morgan fingerprint density at radius 1 is 0.530 bits per heavy atom. The Hall–Kier alpha value is -2.11. The molecule has 0 spiro atoms. The van der Waals surface area contributed by atoms with E-state index in [1.54, 1.807) is 0 Å². The van der Waals surface area contributed by atoms with Crippen LogP contribution in [0.5, 0.6) is 0 Å². The minimum absolute atomic E-state index is 0.148. The summed E-state index contributed by atoms with van der Waals surface area (Å²) in [6, 6.07) is -0.733. The molecule has 1 rings (SSSR count). The van der Waals surface area contributed by atoms with Gasteiger partial charge in [-0.1, -0.05) is 235 Å². The van der Waals surface area contributed by atoms with Crippen LogP contribution in [-0.4, -0.2) is 87.5 Å². The molecule has 7 unspecified atom stereocenters. The standard InChI is InChI=1S/C57H103NO8/c1-3-5-7-9-11-13-15-17-19-21-23-25-27-28-30-32-34-36-38-40-42-44-46-51(60)50(49-65-57-56(64)55(63)54(62)52(48-59)66-57)58-53(61)47-45-43-41-39-37-35-33-31-29-26-24-22-20-18-16-14-12-10-8-6-4-2/h6,8,12,14,18,20,24,26,31,33,50-52,54-57,59-60,62-64H,3-5,7,9-11,13,15-17,19,21-23,25,27-30,32,34-49H2,1-2H3,(H,58,61)/b8-6-,14-12-,20-18-,26-24-,33-31-. The zero-order chi connectivity index (χ0) is 48.0. The second kappa shape index (κ2) is 46.6. The molecular weight excluding hydrogens is 827 g/mol. The van der Waals surface area contributed by atoms with E-state index in [1.807, 2.05) is 0 Å². The van der Waals surface area contributed by atoms with Crippen molar-refractivity contribution in [3.8, 4) is 0 Å². The summed E-state index contributed by atoms with van der Waals surface area (Å²) in [4.78, 5) is 13.1. The van der Waals surface area contributed by atoms with E-state index in [0.717, 1.165) is 89.9 Å². The van der Waals surface area contributed by atoms with Gasteiger partial charge in [0, 0.05) is 6.42 Å². The Kier molecular flexibility index (Phi) is 43.7. The minimum Gasteiger partial charge on any atom is -0.394 e. The highest BCUT2D eigenvalue weighted by Crippen LogP contribution is 2.23. The van der Waals surface area contributed by atoms with Gasteiger partial charge in [0.15, 0.2) is 6.29 Å². The number of allylic oxidation sites excluding steroid dienone is 10. The van der Waals surface area contributed by atoms with Crippen molar-refractivity contribution >= 4 is 5.91 Å². The third kappa shape index (κ3) is 36.0. The number of hydrogen-bond acceptors (Lipinski definition) is 8. The fraction of sp³-hybridized carbons (Fsp3) is 0.807. The fourth-order valence-electron chi connectivity index (χ4n) is 8.54. The van der Waals surface area contributed by atoms with Crippen molar-refractivity contribution in [1.29, 1.82) is 0 Å². The van der Waals surface area contributed by atoms with Gasteiger partial charge in [0.1, 0.15) is 24.4 Å². The Morgan fingerprint density at radius 3 is 1.39 bits per heavy atom. The summed E-state index contributed by atoms with van der Waals surface area (Å²) in [5.74, 6) is -0.163. The maximum atomic E-state index is 13.1. The third-order valence-corrected chi connectivity index (χ3v) is 12.9. The molecule has 9 heteroatoms. The summed E-state index contributed by atoms with van der Waals surface area (Å²) < 4.78 is 11.3. The minimum atomic E-state index is -1.56. The van der Waals surface area contributed by atoms with Crippen LogP contribution in [0.15, 0.2) is 60.8 Å². The molecule has 9 nitrogen and oxygen atoms in total. The largest absolute Gasteiger partial charge is 0.394 e. The van der Waals surface area contributed by atoms with Crippen LogP contribution >= 0.6 is 0 Å². The number of aliphatic hydroxyl groups excluding tert-OH is 5. The highest BCUT2D eigenvalue weighted by Gasteiger charge is 2.44. The quantitative estimate of drug-likeness (QED) is 0.0261. The Bertz CT molecular complexity index is 1220. The van der Waals surface area contributed by atoms with Crippen molar-refractivity contribution < 1.29 is 39.8 Å². The number of hydrogen-bond donors (Lipinski definition) is 6. The molecule has 1 amide bonds. The number of ether oxygens (including phenoxy) is 2. The maximum Gasteiger partial charge on any atom is 0.220 e. The summed E-state index contributed by atoms with van der Waals surface area (Å²) >= 11 is 0. The molecule has 7 atom stereocenters. The molecule has 1 aliphatic rings. The van der Waals surface area contributed by atoms with E-state index < -0.39 is 49.5 Å². The molecule has 6 N–H and O–H groups in total. The number of unbranched alkanes of at least 4 members (excludes halogenated alkanes) is 26. The van der Waals surface area contributed by atoms with Gasteiger partial charge in [0.05, 0.1) is 25.4 Å². The van der Waals surface area contributed by atoms with Crippen molar-refractivity contribution in [2.75, 3.05) is 13.2 Å². The summed E-state index contributed by atoms with van der Waals surface area (Å²) in [5, 5.41) is 54.6. The van der Waals surface area contributed by atoms with Gasteiger partial charge >= 0.3 is 0 Å². The molecule has 0 radical (unpaired) electrons. The molecule has 0 aromatic carbocycles. The van der Waals surface area contributed by atoms with Crippen LogP contribution in [0.25, 0.3) is 0 Å². The van der Waals surface area contributed by atoms with Gasteiger partial charge in [-0.2, -0.15) is 0 Å². The normalized spacial score (nSPS) is 20.3. The van der Waals surface area contributed by atoms with Crippen molar-refractivity contribution in [1.82, 2.24) is 5.32 Å². The Labute approximate surface area is 405 Å². The number of rotatable bonds is 46. The van der Waals surface area contributed by atoms with Crippen molar-refractivity contribution in [2.24, 2.45) is 0 Å². The lowest BCUT2D eigenvalue weighted by Gasteiger charge is -2.40. The summed E-state index contributed by atoms with van der Waals surface area (Å²) in [6.45, 7) is 3.73. The van der Waals surface area contributed by atoms with Crippen molar-refractivity contribution in [2.45, 2.75) is 281 Å². The van der Waals surface area contributed by atoms with Crippen molar-refractivity contribution in [3.63, 3.8) is 0 Å². The summed E-state index contributed by atoms with van der Waals surface area (Å²) in [6.07, 6.45) is 55.2. The molecule has 1 saturated heterocycles. The smallest absolute Gasteiger partial charge is 0.220 e. The first kappa shape index (κ1) is 61.9. The van der Waals surface area contributed by atoms with Crippen LogP contribution in [0.3, 0.4) is 0 Å². The predicted molar refractivity (Wildman–Crippen MR) is 276 cm³/mol. The van der Waals surface area contributed by atoms with Crippen LogP contribution in [0.1, 0.15) is 239 Å². The average Bonchev–Trinajstić information content (AvgIpc) is 3.32. The predicted octanol–water partition coefficient (Wildman–Crippen LogP) is 13.1. The zero-order valence-electron chi connectivity index (χ0n) is 42.4. The maximum absolute atomic E-state index is 13.1. The van der Waals surface area contributed by atoms with Crippen molar-refractivity contribution in [3.05, 3.63) is 60.8 Å². The highest BCUT2D eigenvalue weighted by atomic mass is 16.7. The van der Waals surface area contributed by atoms with E-state index in [0.29, 0.717) is 12.8 Å². The molecule has 1 fully saturated rings. The number of carbonyl (C=O) groups excluding carboxylic acids is 1. The molecular formula is C57H103NO8. The fourth-order valence-corrected chi connectivity index (χ4v) is 8.54. The number of amides is 1. The Morgan fingerprint density at radius 2 is 0.939 bits per heavy atom. The van der Waals surface area contributed by atoms with Crippen LogP contribution in [0.2, 0.25) is 0 Å². The van der Waals surface area contributed by atoms with Gasteiger partial charge in [0.2, 0.25) is 5.91 Å². The molecule has 0 aromatic heterocycles. The Balaban J connectivity index is 2.26. The van der Waals surface area contributed by atoms with E-state index in [2.05, 4.69) is 79.9 Å². The van der Waals surface area contributed by atoms with Crippen LogP contribution in [0, 0.1) is 0 Å². The van der Waals surface area contributed by atoms with Gasteiger partial charge in [-0.25, -0.2) is 0 Å². The molecule has 0 aliphatic carbocycles. The zero-order valence-corrected chi connectivity index (χ0v) is 42.4. The average molecular weight is 930 g/mol. The number of carbonyl (C=O) groups is 1. The van der Waals surface area contributed by atoms with E-state index in [1.165, 1.54) is 122 Å². The molecule has 1 aliphatic heterocycles. The second-order valence-electron chi connectivity index (χ2n) is 19.0. The summed E-state index contributed by atoms with van der Waals surface area (Å²) in [7, 11) is 0. The third-order valence-electron chi connectivity index (χ3n) is 12.9. The van der Waals surface area contributed by atoms with Gasteiger partial charge in [-0.15, -0.1) is 0 Å². The van der Waals surface area contributed by atoms with E-state index >= 15 is 0 Å². The van der Waals surface area contributed by atoms with Crippen LogP contribution in [-0.2, 0) is 14.3 Å². The van der Waals surface area contributed by atoms with Crippen LogP contribution < -0.4 is 5.32 Å². The lowest BCUT2D eigenvalue weighted by molar-refractivity contribution is -0.302. The first-order chi connectivity index (χ1) is 32.3. The number of nitrogens with one attached hydrogen (secondary N) is 1. The molecule has 384 valence electrons.